The lowest BCUT2D eigenvalue weighted by Crippen LogP contribution is -2.33. The van der Waals surface area contributed by atoms with Crippen LogP contribution in [0.15, 0.2) is 78.9 Å². The summed E-state index contributed by atoms with van der Waals surface area (Å²) in [5, 5.41) is 20.2. The van der Waals surface area contributed by atoms with Crippen LogP contribution in [0, 0.1) is 5.92 Å². The highest BCUT2D eigenvalue weighted by Gasteiger charge is 2.27. The van der Waals surface area contributed by atoms with Crippen LogP contribution in [-0.4, -0.2) is 42.0 Å². The highest BCUT2D eigenvalue weighted by molar-refractivity contribution is 5.89. The van der Waals surface area contributed by atoms with Crippen LogP contribution >= 0.6 is 0 Å². The number of hydrogen-bond donors (Lipinski definition) is 2. The summed E-state index contributed by atoms with van der Waals surface area (Å²) < 4.78 is 10.1. The van der Waals surface area contributed by atoms with E-state index >= 15 is 0 Å². The average Bonchev–Trinajstić information content (AvgIpc) is 2.87. The van der Waals surface area contributed by atoms with Gasteiger partial charge in [-0.05, 0) is 53.6 Å². The van der Waals surface area contributed by atoms with Crippen LogP contribution in [0.25, 0.3) is 0 Å². The first-order chi connectivity index (χ1) is 16.5. The van der Waals surface area contributed by atoms with E-state index in [4.69, 9.17) is 9.47 Å². The monoisotopic (exact) mass is 462 g/mol. The minimum atomic E-state index is -1.02. The van der Waals surface area contributed by atoms with Crippen molar-refractivity contribution >= 4 is 11.9 Å². The maximum absolute atomic E-state index is 12.4. The Morgan fingerprint density at radius 1 is 0.853 bits per heavy atom. The van der Waals surface area contributed by atoms with Crippen molar-refractivity contribution in [3.8, 4) is 0 Å². The molecule has 0 saturated carbocycles. The van der Waals surface area contributed by atoms with Crippen LogP contribution in [0.1, 0.15) is 39.0 Å². The Balaban J connectivity index is 1.55. The summed E-state index contributed by atoms with van der Waals surface area (Å²) in [6.07, 6.45) is 0.479. The molecule has 2 N–H and O–H groups in total. The third-order valence-electron chi connectivity index (χ3n) is 5.66. The molecule has 0 amide bonds. The van der Waals surface area contributed by atoms with Gasteiger partial charge < -0.3 is 19.7 Å². The van der Waals surface area contributed by atoms with Crippen molar-refractivity contribution in [2.45, 2.75) is 32.0 Å². The summed E-state index contributed by atoms with van der Waals surface area (Å²) in [6, 6.07) is 24.5. The molecule has 178 valence electrons. The van der Waals surface area contributed by atoms with E-state index in [0.29, 0.717) is 24.8 Å². The predicted molar refractivity (Wildman–Crippen MR) is 128 cm³/mol. The number of ether oxygens (including phenoxy) is 2. The van der Waals surface area contributed by atoms with E-state index in [2.05, 4.69) is 0 Å². The molecule has 0 aliphatic heterocycles. The Morgan fingerprint density at radius 2 is 1.50 bits per heavy atom. The van der Waals surface area contributed by atoms with Gasteiger partial charge in [0.25, 0.3) is 0 Å². The third-order valence-corrected chi connectivity index (χ3v) is 5.66. The summed E-state index contributed by atoms with van der Waals surface area (Å²) in [7, 11) is 1.36. The molecule has 0 radical (unpaired) electrons. The van der Waals surface area contributed by atoms with Crippen LogP contribution in [0.4, 0.5) is 0 Å². The minimum Gasteiger partial charge on any atom is -0.465 e. The number of hydrogen-bond acceptors (Lipinski definition) is 6. The highest BCUT2D eigenvalue weighted by atomic mass is 16.5. The zero-order valence-electron chi connectivity index (χ0n) is 19.2. The quantitative estimate of drug-likeness (QED) is 0.422. The van der Waals surface area contributed by atoms with Gasteiger partial charge in [0.1, 0.15) is 12.5 Å². The van der Waals surface area contributed by atoms with Crippen molar-refractivity contribution in [2.75, 3.05) is 13.7 Å². The summed E-state index contributed by atoms with van der Waals surface area (Å²) in [5.41, 5.74) is 4.41. The van der Waals surface area contributed by atoms with E-state index in [0.717, 1.165) is 22.3 Å². The van der Waals surface area contributed by atoms with Gasteiger partial charge in [-0.25, -0.2) is 4.79 Å². The molecule has 0 bridgehead atoms. The summed E-state index contributed by atoms with van der Waals surface area (Å²) in [5.74, 6) is -1.98. The molecule has 2 unspecified atom stereocenters. The van der Waals surface area contributed by atoms with E-state index in [1.807, 2.05) is 72.8 Å². The van der Waals surface area contributed by atoms with Crippen molar-refractivity contribution in [2.24, 2.45) is 5.92 Å². The Kier molecular flexibility index (Phi) is 9.38. The molecule has 3 aromatic carbocycles. The lowest BCUT2D eigenvalue weighted by atomic mass is 9.95. The highest BCUT2D eigenvalue weighted by Crippen LogP contribution is 2.18. The van der Waals surface area contributed by atoms with Crippen molar-refractivity contribution in [3.63, 3.8) is 0 Å². The molecule has 34 heavy (non-hydrogen) atoms. The molecule has 2 atom stereocenters. The van der Waals surface area contributed by atoms with Gasteiger partial charge in [0.05, 0.1) is 25.4 Å². The Morgan fingerprint density at radius 3 is 2.21 bits per heavy atom. The van der Waals surface area contributed by atoms with Gasteiger partial charge in [-0.3, -0.25) is 4.79 Å². The van der Waals surface area contributed by atoms with E-state index in [1.165, 1.54) is 7.11 Å². The van der Waals surface area contributed by atoms with Gasteiger partial charge >= 0.3 is 11.9 Å². The molecule has 3 aromatic rings. The number of benzene rings is 3. The standard InChI is InChI=1S/C28H30O6/c1-33-27(31)24-12-6-11-23(17-24)16-22-10-5-9-20(15-22)13-14-26(30)25(18-29)28(32)34-19-21-7-3-2-4-8-21/h2-12,15,17,25-26,29-30H,13-14,16,18-19H2,1H3. The third kappa shape index (κ3) is 7.27. The number of aliphatic hydroxyl groups excluding tert-OH is 2. The molecule has 3 rings (SSSR count). The SMILES string of the molecule is COC(=O)c1cccc(Cc2cccc(CCC(O)C(CO)C(=O)OCc3ccccc3)c2)c1. The molecule has 0 saturated heterocycles. The molecule has 6 heteroatoms. The van der Waals surface area contributed by atoms with Gasteiger partial charge in [-0.15, -0.1) is 0 Å². The van der Waals surface area contributed by atoms with Crippen LogP contribution < -0.4 is 0 Å². The minimum absolute atomic E-state index is 0.0993. The second-order valence-electron chi connectivity index (χ2n) is 8.18. The Labute approximate surface area is 199 Å². The molecule has 0 spiro atoms. The first kappa shape index (κ1) is 25.1. The normalized spacial score (nSPS) is 12.6. The molecule has 0 aliphatic rings. The summed E-state index contributed by atoms with van der Waals surface area (Å²) in [6.45, 7) is -0.381. The zero-order valence-corrected chi connectivity index (χ0v) is 19.2. The van der Waals surface area contributed by atoms with Crippen molar-refractivity contribution in [1.82, 2.24) is 0 Å². The smallest absolute Gasteiger partial charge is 0.337 e. The molecule has 6 nitrogen and oxygen atoms in total. The number of rotatable bonds is 11. The van der Waals surface area contributed by atoms with Gasteiger partial charge in [0, 0.05) is 0 Å². The number of carbonyl (C=O) groups excluding carboxylic acids is 2. The molecule has 0 aromatic heterocycles. The fourth-order valence-electron chi connectivity index (χ4n) is 3.76. The first-order valence-corrected chi connectivity index (χ1v) is 11.2. The van der Waals surface area contributed by atoms with Crippen molar-refractivity contribution < 1.29 is 29.3 Å². The van der Waals surface area contributed by atoms with Crippen LogP contribution in [-0.2, 0) is 33.7 Å². The maximum atomic E-state index is 12.4. The molecule has 0 aliphatic carbocycles. The van der Waals surface area contributed by atoms with E-state index in [-0.39, 0.29) is 12.6 Å². The van der Waals surface area contributed by atoms with Crippen LogP contribution in [0.2, 0.25) is 0 Å². The second-order valence-corrected chi connectivity index (χ2v) is 8.18. The van der Waals surface area contributed by atoms with Crippen LogP contribution in [0.5, 0.6) is 0 Å². The largest absolute Gasteiger partial charge is 0.465 e. The van der Waals surface area contributed by atoms with Gasteiger partial charge in [0.2, 0.25) is 0 Å². The molecule has 0 heterocycles. The molecular weight excluding hydrogens is 432 g/mol. The summed E-state index contributed by atoms with van der Waals surface area (Å²) in [4.78, 5) is 24.1. The van der Waals surface area contributed by atoms with E-state index in [1.54, 1.807) is 6.07 Å². The number of aryl methyl sites for hydroxylation is 1. The second kappa shape index (κ2) is 12.7. The van der Waals surface area contributed by atoms with Crippen molar-refractivity contribution in [1.29, 1.82) is 0 Å². The Hall–Kier alpha value is -3.48. The lowest BCUT2D eigenvalue weighted by Gasteiger charge is -2.20. The number of aliphatic hydroxyl groups is 2. The number of esters is 2. The maximum Gasteiger partial charge on any atom is 0.337 e. The van der Waals surface area contributed by atoms with Gasteiger partial charge in [-0.1, -0.05) is 66.7 Å². The van der Waals surface area contributed by atoms with Gasteiger partial charge in [0.15, 0.2) is 0 Å². The number of methoxy groups -OCH3 is 1. The van der Waals surface area contributed by atoms with Crippen LogP contribution in [0.3, 0.4) is 0 Å². The number of carbonyl (C=O) groups is 2. The van der Waals surface area contributed by atoms with E-state index < -0.39 is 24.6 Å². The topological polar surface area (TPSA) is 93.1 Å². The fourth-order valence-corrected chi connectivity index (χ4v) is 3.76. The average molecular weight is 463 g/mol. The van der Waals surface area contributed by atoms with E-state index in [9.17, 15) is 19.8 Å². The van der Waals surface area contributed by atoms with Crippen molar-refractivity contribution in [3.05, 3.63) is 107 Å². The Bertz CT molecular complexity index is 1080. The van der Waals surface area contributed by atoms with Gasteiger partial charge in [-0.2, -0.15) is 0 Å². The molecule has 0 fully saturated rings. The summed E-state index contributed by atoms with van der Waals surface area (Å²) >= 11 is 0. The lowest BCUT2D eigenvalue weighted by molar-refractivity contribution is -0.156. The zero-order chi connectivity index (χ0) is 24.3. The first-order valence-electron chi connectivity index (χ1n) is 11.2. The fraction of sp³-hybridized carbons (Fsp3) is 0.286. The molecular formula is C28H30O6. The predicted octanol–water partition coefficient (Wildman–Crippen LogP) is 3.71.